The SMILES string of the molecule is Nc1ccc(C(Nc2cc(O)c(NC(c3ccccc3)c3ccc(N)cc3)cc2O)c2ccccc2)cc1. The van der Waals surface area contributed by atoms with Crippen molar-refractivity contribution in [1.82, 2.24) is 0 Å². The summed E-state index contributed by atoms with van der Waals surface area (Å²) in [7, 11) is 0. The van der Waals surface area contributed by atoms with Crippen molar-refractivity contribution in [3.8, 4) is 11.5 Å². The normalized spacial score (nSPS) is 12.4. The van der Waals surface area contributed by atoms with E-state index in [0.717, 1.165) is 22.3 Å². The molecule has 0 aliphatic rings. The van der Waals surface area contributed by atoms with Crippen molar-refractivity contribution in [3.63, 3.8) is 0 Å². The van der Waals surface area contributed by atoms with Crippen molar-refractivity contribution in [2.45, 2.75) is 12.1 Å². The van der Waals surface area contributed by atoms with Crippen LogP contribution in [0.3, 0.4) is 0 Å². The van der Waals surface area contributed by atoms with Gasteiger partial charge < -0.3 is 32.3 Å². The minimum absolute atomic E-state index is 0.00536. The van der Waals surface area contributed by atoms with E-state index in [2.05, 4.69) is 10.6 Å². The van der Waals surface area contributed by atoms with Gasteiger partial charge in [-0.15, -0.1) is 0 Å². The third-order valence-electron chi connectivity index (χ3n) is 6.52. The first-order valence-corrected chi connectivity index (χ1v) is 12.4. The minimum atomic E-state index is -0.271. The van der Waals surface area contributed by atoms with E-state index in [1.165, 1.54) is 12.1 Å². The average Bonchev–Trinajstić information content (AvgIpc) is 2.94. The van der Waals surface area contributed by atoms with Crippen LogP contribution in [0.5, 0.6) is 11.5 Å². The Morgan fingerprint density at radius 1 is 0.447 bits per heavy atom. The lowest BCUT2D eigenvalue weighted by atomic mass is 9.97. The van der Waals surface area contributed by atoms with Crippen LogP contribution in [0.4, 0.5) is 22.7 Å². The van der Waals surface area contributed by atoms with Gasteiger partial charge in [-0.2, -0.15) is 0 Å². The number of benzene rings is 5. The second kappa shape index (κ2) is 10.9. The average molecular weight is 503 g/mol. The Hall–Kier alpha value is -5.10. The highest BCUT2D eigenvalue weighted by atomic mass is 16.3. The highest BCUT2D eigenvalue weighted by Crippen LogP contribution is 2.40. The fourth-order valence-corrected chi connectivity index (χ4v) is 4.51. The van der Waals surface area contributed by atoms with E-state index >= 15 is 0 Å². The van der Waals surface area contributed by atoms with Crippen molar-refractivity contribution in [3.05, 3.63) is 144 Å². The first-order chi connectivity index (χ1) is 18.5. The Kier molecular flexibility index (Phi) is 7.04. The fourth-order valence-electron chi connectivity index (χ4n) is 4.51. The predicted molar refractivity (Wildman–Crippen MR) is 155 cm³/mol. The van der Waals surface area contributed by atoms with Crippen LogP contribution in [0.15, 0.2) is 121 Å². The van der Waals surface area contributed by atoms with Gasteiger partial charge in [0.2, 0.25) is 0 Å². The van der Waals surface area contributed by atoms with Gasteiger partial charge >= 0.3 is 0 Å². The van der Waals surface area contributed by atoms with E-state index in [-0.39, 0.29) is 23.6 Å². The Bertz CT molecular complexity index is 1370. The first kappa shape index (κ1) is 24.6. The molecule has 0 fully saturated rings. The molecule has 0 saturated heterocycles. The summed E-state index contributed by atoms with van der Waals surface area (Å²) in [5.74, 6) is 0.0107. The number of hydrogen-bond acceptors (Lipinski definition) is 6. The molecule has 8 N–H and O–H groups in total. The van der Waals surface area contributed by atoms with Crippen LogP contribution in [-0.2, 0) is 0 Å². The highest BCUT2D eigenvalue weighted by Gasteiger charge is 2.20. The third kappa shape index (κ3) is 5.50. The fraction of sp³-hybridized carbons (Fsp3) is 0.0625. The molecular formula is C32H30N4O2. The maximum atomic E-state index is 11.0. The molecule has 5 rings (SSSR count). The summed E-state index contributed by atoms with van der Waals surface area (Å²) in [6.45, 7) is 0. The van der Waals surface area contributed by atoms with Gasteiger partial charge in [-0.25, -0.2) is 0 Å². The molecule has 0 heterocycles. The van der Waals surface area contributed by atoms with E-state index in [1.54, 1.807) is 0 Å². The molecule has 6 heteroatoms. The van der Waals surface area contributed by atoms with Gasteiger partial charge in [-0.3, -0.25) is 0 Å². The van der Waals surface area contributed by atoms with Crippen LogP contribution in [0, 0.1) is 0 Å². The topological polar surface area (TPSA) is 117 Å². The largest absolute Gasteiger partial charge is 0.506 e. The Balaban J connectivity index is 1.47. The lowest BCUT2D eigenvalue weighted by molar-refractivity contribution is 0.463. The molecule has 0 aliphatic heterocycles. The Morgan fingerprint density at radius 3 is 1.11 bits per heavy atom. The number of nitrogens with two attached hydrogens (primary N) is 2. The molecule has 5 aromatic carbocycles. The molecule has 0 spiro atoms. The van der Waals surface area contributed by atoms with Crippen molar-refractivity contribution in [1.29, 1.82) is 0 Å². The van der Waals surface area contributed by atoms with E-state index in [1.807, 2.05) is 109 Å². The summed E-state index contributed by atoms with van der Waals surface area (Å²) < 4.78 is 0. The summed E-state index contributed by atoms with van der Waals surface area (Å²) in [6, 6.07) is 37.5. The predicted octanol–water partition coefficient (Wildman–Crippen LogP) is 6.67. The zero-order valence-electron chi connectivity index (χ0n) is 20.8. The lowest BCUT2D eigenvalue weighted by Crippen LogP contribution is -2.14. The number of nitrogens with one attached hydrogen (secondary N) is 2. The van der Waals surface area contributed by atoms with Gasteiger partial charge in [-0.1, -0.05) is 84.9 Å². The maximum Gasteiger partial charge on any atom is 0.141 e. The minimum Gasteiger partial charge on any atom is -0.506 e. The zero-order chi connectivity index (χ0) is 26.5. The molecule has 2 atom stereocenters. The smallest absolute Gasteiger partial charge is 0.141 e. The Labute approximate surface area is 222 Å². The molecule has 0 aliphatic carbocycles. The molecular weight excluding hydrogens is 472 g/mol. The van der Waals surface area contributed by atoms with Crippen LogP contribution in [-0.4, -0.2) is 10.2 Å². The van der Waals surface area contributed by atoms with Crippen LogP contribution >= 0.6 is 0 Å². The second-order valence-corrected chi connectivity index (χ2v) is 9.20. The van der Waals surface area contributed by atoms with Gasteiger partial charge in [0.05, 0.1) is 23.5 Å². The molecule has 0 amide bonds. The molecule has 0 saturated carbocycles. The molecule has 0 aromatic heterocycles. The standard InChI is InChI=1S/C32H30N4O2/c33-25-15-11-23(12-16-25)31(21-7-3-1-4-8-21)35-27-19-30(38)28(20-29(27)37)36-32(22-9-5-2-6-10-22)24-13-17-26(34)18-14-24/h1-20,31-32,35-38H,33-34H2. The molecule has 6 nitrogen and oxygen atoms in total. The van der Waals surface area contributed by atoms with Crippen molar-refractivity contribution in [2.24, 2.45) is 0 Å². The molecule has 5 aromatic rings. The van der Waals surface area contributed by atoms with E-state index in [4.69, 9.17) is 11.5 Å². The number of phenols is 2. The summed E-state index contributed by atoms with van der Waals surface area (Å²) in [4.78, 5) is 0. The number of anilines is 4. The summed E-state index contributed by atoms with van der Waals surface area (Å²) in [5, 5.41) is 28.9. The lowest BCUT2D eigenvalue weighted by Gasteiger charge is -2.24. The van der Waals surface area contributed by atoms with Gasteiger partial charge in [0.25, 0.3) is 0 Å². The molecule has 2 unspecified atom stereocenters. The first-order valence-electron chi connectivity index (χ1n) is 12.4. The van der Waals surface area contributed by atoms with Crippen molar-refractivity contribution < 1.29 is 10.2 Å². The molecule has 0 bridgehead atoms. The van der Waals surface area contributed by atoms with E-state index in [9.17, 15) is 10.2 Å². The number of aromatic hydroxyl groups is 2. The number of nitrogen functional groups attached to an aromatic ring is 2. The summed E-state index contributed by atoms with van der Waals surface area (Å²) in [6.07, 6.45) is 0. The highest BCUT2D eigenvalue weighted by molar-refractivity contribution is 5.72. The summed E-state index contributed by atoms with van der Waals surface area (Å²) in [5.41, 5.74) is 17.9. The van der Waals surface area contributed by atoms with Crippen LogP contribution in [0.1, 0.15) is 34.3 Å². The van der Waals surface area contributed by atoms with Crippen LogP contribution in [0.25, 0.3) is 0 Å². The molecule has 0 radical (unpaired) electrons. The van der Waals surface area contributed by atoms with Gasteiger partial charge in [0.15, 0.2) is 0 Å². The van der Waals surface area contributed by atoms with Crippen molar-refractivity contribution in [2.75, 3.05) is 22.1 Å². The quantitative estimate of drug-likeness (QED) is 0.0802. The van der Waals surface area contributed by atoms with Crippen LogP contribution in [0.2, 0.25) is 0 Å². The number of hydrogen-bond donors (Lipinski definition) is 6. The van der Waals surface area contributed by atoms with Crippen molar-refractivity contribution >= 4 is 22.7 Å². The molecule has 190 valence electrons. The van der Waals surface area contributed by atoms with Gasteiger partial charge in [0, 0.05) is 23.5 Å². The third-order valence-corrected chi connectivity index (χ3v) is 6.52. The zero-order valence-corrected chi connectivity index (χ0v) is 20.8. The monoisotopic (exact) mass is 502 g/mol. The van der Waals surface area contributed by atoms with Crippen LogP contribution < -0.4 is 22.1 Å². The maximum absolute atomic E-state index is 11.0. The Morgan fingerprint density at radius 2 is 0.763 bits per heavy atom. The van der Waals surface area contributed by atoms with E-state index < -0.39 is 0 Å². The van der Waals surface area contributed by atoms with E-state index in [0.29, 0.717) is 22.7 Å². The number of rotatable bonds is 8. The number of phenolic OH excluding ortho intramolecular Hbond substituents is 2. The second-order valence-electron chi connectivity index (χ2n) is 9.20. The summed E-state index contributed by atoms with van der Waals surface area (Å²) >= 11 is 0. The van der Waals surface area contributed by atoms with Gasteiger partial charge in [-0.05, 0) is 46.5 Å². The van der Waals surface area contributed by atoms with Gasteiger partial charge in [0.1, 0.15) is 11.5 Å². The molecule has 38 heavy (non-hydrogen) atoms.